The molecule has 0 fully saturated rings. The van der Waals surface area contributed by atoms with E-state index in [9.17, 15) is 9.59 Å². The number of anilines is 2. The van der Waals surface area contributed by atoms with Gasteiger partial charge < -0.3 is 14.8 Å². The van der Waals surface area contributed by atoms with Crippen LogP contribution in [0.3, 0.4) is 0 Å². The highest BCUT2D eigenvalue weighted by molar-refractivity contribution is 6.06. The number of benzene rings is 3. The van der Waals surface area contributed by atoms with Gasteiger partial charge in [0.15, 0.2) is 5.78 Å². The maximum absolute atomic E-state index is 14.0. The summed E-state index contributed by atoms with van der Waals surface area (Å²) in [6, 6.07) is 22.8. The average Bonchev–Trinajstić information content (AvgIpc) is 3.08. The lowest BCUT2D eigenvalue weighted by Crippen LogP contribution is -2.38. The maximum atomic E-state index is 14.0. The van der Waals surface area contributed by atoms with E-state index in [0.29, 0.717) is 37.2 Å². The maximum Gasteiger partial charge on any atom is 0.227 e. The minimum Gasteiger partial charge on any atom is -0.497 e. The summed E-state index contributed by atoms with van der Waals surface area (Å²) in [5, 5.41) is 3.57. The van der Waals surface area contributed by atoms with Crippen molar-refractivity contribution in [3.63, 3.8) is 0 Å². The molecule has 37 heavy (non-hydrogen) atoms. The van der Waals surface area contributed by atoms with E-state index in [-0.39, 0.29) is 17.6 Å². The van der Waals surface area contributed by atoms with Crippen molar-refractivity contribution in [1.82, 2.24) is 0 Å². The number of carbonyl (C=O) groups excluding carboxylic acids is 2. The number of carbonyl (C=O) groups is 2. The summed E-state index contributed by atoms with van der Waals surface area (Å²) in [6.45, 7) is 4.28. The number of fused-ring (bicyclic) bond motifs is 1. The van der Waals surface area contributed by atoms with Crippen LogP contribution in [0.4, 0.5) is 11.4 Å². The van der Waals surface area contributed by atoms with Crippen LogP contribution >= 0.6 is 0 Å². The monoisotopic (exact) mass is 496 g/mol. The zero-order valence-electron chi connectivity index (χ0n) is 21.5. The van der Waals surface area contributed by atoms with Crippen LogP contribution in [-0.2, 0) is 9.59 Å². The van der Waals surface area contributed by atoms with Gasteiger partial charge in [-0.3, -0.25) is 14.5 Å². The predicted octanol–water partition coefficient (Wildman–Crippen LogP) is 6.40. The first-order valence-electron chi connectivity index (χ1n) is 12.9. The van der Waals surface area contributed by atoms with Gasteiger partial charge in [0.25, 0.3) is 0 Å². The van der Waals surface area contributed by atoms with Crippen LogP contribution < -0.4 is 19.7 Å². The average molecular weight is 497 g/mol. The number of Topliss-reactive ketones (excluding diaryl/α,β-unsaturated/α-hetero) is 1. The Labute approximate surface area is 217 Å². The van der Waals surface area contributed by atoms with Crippen molar-refractivity contribution in [3.05, 3.63) is 95.2 Å². The summed E-state index contributed by atoms with van der Waals surface area (Å²) < 4.78 is 11.3. The van der Waals surface area contributed by atoms with E-state index < -0.39 is 6.04 Å². The quantitative estimate of drug-likeness (QED) is 0.427. The lowest BCUT2D eigenvalue weighted by atomic mass is 9.78. The van der Waals surface area contributed by atoms with Crippen molar-refractivity contribution in [2.75, 3.05) is 23.9 Å². The Hall–Kier alpha value is -4.06. The molecule has 1 aliphatic carbocycles. The predicted molar refractivity (Wildman–Crippen MR) is 145 cm³/mol. The number of ether oxygens (including phenoxy) is 2. The molecule has 2 unspecified atom stereocenters. The molecule has 1 amide bonds. The molecule has 0 saturated heterocycles. The standard InChI is InChI=1S/C31H32N2O4/c1-4-29(35)33-26-12-8-7-11-24(26)32-25-18-21(20-14-16-22(36-3)17-15-20)19-27(34)30(25)31(33)23-10-6-9-13-28(23)37-5-2/h6-17,21,31-32H,4-5,18-19H2,1-3H3. The largest absolute Gasteiger partial charge is 0.497 e. The van der Waals surface area contributed by atoms with Crippen molar-refractivity contribution < 1.29 is 19.1 Å². The van der Waals surface area contributed by atoms with Gasteiger partial charge in [0, 0.05) is 29.7 Å². The van der Waals surface area contributed by atoms with Gasteiger partial charge in [-0.25, -0.2) is 0 Å². The summed E-state index contributed by atoms with van der Waals surface area (Å²) in [5.74, 6) is 1.47. The fourth-order valence-electron chi connectivity index (χ4n) is 5.44. The summed E-state index contributed by atoms with van der Waals surface area (Å²) in [4.78, 5) is 29.4. The highest BCUT2D eigenvalue weighted by Crippen LogP contribution is 2.49. The smallest absolute Gasteiger partial charge is 0.227 e. The van der Waals surface area contributed by atoms with Gasteiger partial charge in [-0.1, -0.05) is 49.4 Å². The number of allylic oxidation sites excluding steroid dienone is 1. The van der Waals surface area contributed by atoms with E-state index in [4.69, 9.17) is 9.47 Å². The summed E-state index contributed by atoms with van der Waals surface area (Å²) >= 11 is 0. The Kier molecular flexibility index (Phi) is 6.99. The second kappa shape index (κ2) is 10.5. The molecule has 2 aliphatic rings. The van der Waals surface area contributed by atoms with Crippen LogP contribution in [0.5, 0.6) is 11.5 Å². The molecule has 6 heteroatoms. The first-order valence-corrected chi connectivity index (χ1v) is 12.9. The number of ketones is 1. The number of nitrogens with one attached hydrogen (secondary N) is 1. The Morgan fingerprint density at radius 3 is 2.43 bits per heavy atom. The van der Waals surface area contributed by atoms with E-state index in [0.717, 1.165) is 33.9 Å². The molecule has 5 rings (SSSR count). The van der Waals surface area contributed by atoms with E-state index in [2.05, 4.69) is 5.32 Å². The summed E-state index contributed by atoms with van der Waals surface area (Å²) in [5.41, 5.74) is 4.97. The molecule has 1 N–H and O–H groups in total. The van der Waals surface area contributed by atoms with Crippen molar-refractivity contribution >= 4 is 23.1 Å². The van der Waals surface area contributed by atoms with E-state index in [1.165, 1.54) is 0 Å². The van der Waals surface area contributed by atoms with E-state index >= 15 is 0 Å². The van der Waals surface area contributed by atoms with Gasteiger partial charge in [-0.15, -0.1) is 0 Å². The normalized spacial score (nSPS) is 18.9. The molecule has 1 aliphatic heterocycles. The van der Waals surface area contributed by atoms with Crippen LogP contribution in [-0.4, -0.2) is 25.4 Å². The fraction of sp³-hybridized carbons (Fsp3) is 0.290. The molecule has 0 saturated carbocycles. The third-order valence-corrected chi connectivity index (χ3v) is 7.16. The molecule has 0 radical (unpaired) electrons. The van der Waals surface area contributed by atoms with Crippen molar-refractivity contribution in [1.29, 1.82) is 0 Å². The minimum absolute atomic E-state index is 0.0213. The number of nitrogens with zero attached hydrogens (tertiary/aromatic N) is 1. The number of hydrogen-bond acceptors (Lipinski definition) is 5. The van der Waals surface area contributed by atoms with Crippen LogP contribution in [0.25, 0.3) is 0 Å². The minimum atomic E-state index is -0.592. The third kappa shape index (κ3) is 4.59. The van der Waals surface area contributed by atoms with Crippen LogP contribution in [0.1, 0.15) is 56.2 Å². The lowest BCUT2D eigenvalue weighted by molar-refractivity contribution is -0.119. The van der Waals surface area contributed by atoms with Gasteiger partial charge in [0.2, 0.25) is 5.91 Å². The third-order valence-electron chi connectivity index (χ3n) is 7.16. The molecule has 0 bridgehead atoms. The molecular weight excluding hydrogens is 464 g/mol. The van der Waals surface area contributed by atoms with Gasteiger partial charge in [0.05, 0.1) is 31.1 Å². The number of hydrogen-bond donors (Lipinski definition) is 1. The molecule has 3 aromatic rings. The fourth-order valence-corrected chi connectivity index (χ4v) is 5.44. The molecule has 2 atom stereocenters. The zero-order chi connectivity index (χ0) is 25.9. The Morgan fingerprint density at radius 1 is 0.973 bits per heavy atom. The van der Waals surface area contributed by atoms with Crippen molar-refractivity contribution in [3.8, 4) is 11.5 Å². The lowest BCUT2D eigenvalue weighted by Gasteiger charge is -2.35. The molecule has 6 nitrogen and oxygen atoms in total. The number of rotatable bonds is 6. The number of para-hydroxylation sites is 3. The van der Waals surface area contributed by atoms with Crippen LogP contribution in [0, 0.1) is 0 Å². The molecule has 1 heterocycles. The first-order chi connectivity index (χ1) is 18.0. The van der Waals surface area contributed by atoms with Crippen LogP contribution in [0.2, 0.25) is 0 Å². The van der Waals surface area contributed by atoms with Gasteiger partial charge in [-0.2, -0.15) is 0 Å². The molecule has 0 spiro atoms. The topological polar surface area (TPSA) is 67.9 Å². The first kappa shape index (κ1) is 24.6. The molecule has 190 valence electrons. The van der Waals surface area contributed by atoms with E-state index in [1.807, 2.05) is 86.6 Å². The summed E-state index contributed by atoms with van der Waals surface area (Å²) in [6.07, 6.45) is 1.33. The second-order valence-corrected chi connectivity index (χ2v) is 9.33. The summed E-state index contributed by atoms with van der Waals surface area (Å²) in [7, 11) is 1.65. The molecular formula is C31H32N2O4. The van der Waals surface area contributed by atoms with E-state index in [1.54, 1.807) is 12.0 Å². The molecule has 3 aromatic carbocycles. The van der Waals surface area contributed by atoms with Gasteiger partial charge in [0.1, 0.15) is 11.5 Å². The van der Waals surface area contributed by atoms with Gasteiger partial charge >= 0.3 is 0 Å². The van der Waals surface area contributed by atoms with Crippen LogP contribution in [0.15, 0.2) is 84.1 Å². The van der Waals surface area contributed by atoms with Crippen molar-refractivity contribution in [2.45, 2.75) is 45.1 Å². The highest BCUT2D eigenvalue weighted by atomic mass is 16.5. The second-order valence-electron chi connectivity index (χ2n) is 9.33. The number of amides is 1. The SMILES string of the molecule is CCOc1ccccc1C1C2=C(CC(c3ccc(OC)cc3)CC2=O)Nc2ccccc2N1C(=O)CC. The molecule has 0 aromatic heterocycles. The Balaban J connectivity index is 1.70. The van der Waals surface area contributed by atoms with Gasteiger partial charge in [-0.05, 0) is 55.2 Å². The zero-order valence-corrected chi connectivity index (χ0v) is 21.5. The van der Waals surface area contributed by atoms with Crippen molar-refractivity contribution in [2.24, 2.45) is 0 Å². The number of methoxy groups -OCH3 is 1. The highest BCUT2D eigenvalue weighted by Gasteiger charge is 2.42. The Bertz CT molecular complexity index is 1350. The Morgan fingerprint density at radius 2 is 1.70 bits per heavy atom.